The number of hydrogen-bond acceptors (Lipinski definition) is 3. The summed E-state index contributed by atoms with van der Waals surface area (Å²) in [6.07, 6.45) is 4.44. The Morgan fingerprint density at radius 1 is 1.26 bits per heavy atom. The van der Waals surface area contributed by atoms with E-state index < -0.39 is 4.92 Å². The largest absolute Gasteiger partial charge is 0.294 e. The van der Waals surface area contributed by atoms with Gasteiger partial charge < -0.3 is 0 Å². The van der Waals surface area contributed by atoms with Crippen molar-refractivity contribution >= 4 is 11.5 Å². The Bertz CT molecular complexity index is 517. The molecule has 0 unspecified atom stereocenters. The molecule has 0 bridgehead atoms. The molecular formula is C15H17NO3. The standard InChI is InChI=1S/C15H17NO3/c1-10(2)13-4-3-5-14(17)15(13)11-6-8-12(9-7-11)16(18)19/h3,5-10,13,15H,4H2,1-2H3/t13-,15-/m0/s1. The third-order valence-electron chi connectivity index (χ3n) is 3.74. The predicted molar refractivity (Wildman–Crippen MR) is 72.9 cm³/mol. The van der Waals surface area contributed by atoms with Crippen LogP contribution in [0.1, 0.15) is 31.7 Å². The van der Waals surface area contributed by atoms with E-state index in [0.717, 1.165) is 12.0 Å². The topological polar surface area (TPSA) is 60.2 Å². The first-order valence-corrected chi connectivity index (χ1v) is 6.45. The number of ketones is 1. The third-order valence-corrected chi connectivity index (χ3v) is 3.74. The zero-order valence-corrected chi connectivity index (χ0v) is 11.1. The van der Waals surface area contributed by atoms with E-state index in [2.05, 4.69) is 13.8 Å². The second kappa shape index (κ2) is 5.34. The summed E-state index contributed by atoms with van der Waals surface area (Å²) in [5.74, 6) is 0.581. The number of nitro benzene ring substituents is 1. The first kappa shape index (κ1) is 13.5. The fourth-order valence-electron chi connectivity index (χ4n) is 2.66. The highest BCUT2D eigenvalue weighted by molar-refractivity contribution is 5.96. The SMILES string of the molecule is CC(C)[C@@H]1CC=CC(=O)[C@H]1c1ccc([N+](=O)[O-])cc1. The monoisotopic (exact) mass is 259 g/mol. The molecular weight excluding hydrogens is 242 g/mol. The van der Waals surface area contributed by atoms with Gasteiger partial charge in [-0.25, -0.2) is 0 Å². The minimum absolute atomic E-state index is 0.0589. The lowest BCUT2D eigenvalue weighted by Crippen LogP contribution is -2.27. The van der Waals surface area contributed by atoms with E-state index in [4.69, 9.17) is 0 Å². The Morgan fingerprint density at radius 2 is 1.89 bits per heavy atom. The molecule has 2 rings (SSSR count). The summed E-state index contributed by atoms with van der Waals surface area (Å²) in [6.45, 7) is 4.21. The third kappa shape index (κ3) is 2.72. The number of hydrogen-bond donors (Lipinski definition) is 0. The van der Waals surface area contributed by atoms with Gasteiger partial charge in [0.05, 0.1) is 10.8 Å². The van der Waals surface area contributed by atoms with Crippen LogP contribution in [0.15, 0.2) is 36.4 Å². The summed E-state index contributed by atoms with van der Waals surface area (Å²) in [7, 11) is 0. The highest BCUT2D eigenvalue weighted by atomic mass is 16.6. The number of rotatable bonds is 3. The van der Waals surface area contributed by atoms with Gasteiger partial charge in [-0.3, -0.25) is 14.9 Å². The Morgan fingerprint density at radius 3 is 2.42 bits per heavy atom. The van der Waals surface area contributed by atoms with E-state index in [1.54, 1.807) is 18.2 Å². The van der Waals surface area contributed by atoms with Gasteiger partial charge in [0, 0.05) is 12.1 Å². The van der Waals surface area contributed by atoms with E-state index in [1.165, 1.54) is 12.1 Å². The lowest BCUT2D eigenvalue weighted by atomic mass is 9.72. The van der Waals surface area contributed by atoms with Crippen LogP contribution in [0.2, 0.25) is 0 Å². The number of nitrogens with zero attached hydrogens (tertiary/aromatic N) is 1. The van der Waals surface area contributed by atoms with Crippen molar-refractivity contribution in [3.05, 3.63) is 52.1 Å². The van der Waals surface area contributed by atoms with Gasteiger partial charge in [0.15, 0.2) is 5.78 Å². The lowest BCUT2D eigenvalue weighted by molar-refractivity contribution is -0.384. The molecule has 0 spiro atoms. The smallest absolute Gasteiger partial charge is 0.269 e. The van der Waals surface area contributed by atoms with Gasteiger partial charge in [-0.15, -0.1) is 0 Å². The van der Waals surface area contributed by atoms with Crippen LogP contribution in [0.3, 0.4) is 0 Å². The molecule has 0 fully saturated rings. The Balaban J connectivity index is 2.34. The van der Waals surface area contributed by atoms with Crippen molar-refractivity contribution in [1.29, 1.82) is 0 Å². The summed E-state index contributed by atoms with van der Waals surface area (Å²) in [5, 5.41) is 10.7. The van der Waals surface area contributed by atoms with Crippen molar-refractivity contribution in [2.75, 3.05) is 0 Å². The van der Waals surface area contributed by atoms with Gasteiger partial charge in [-0.1, -0.05) is 32.1 Å². The van der Waals surface area contributed by atoms with E-state index >= 15 is 0 Å². The molecule has 0 aromatic heterocycles. The Hall–Kier alpha value is -1.97. The molecule has 4 heteroatoms. The minimum atomic E-state index is -0.424. The summed E-state index contributed by atoms with van der Waals surface area (Å²) >= 11 is 0. The molecule has 0 saturated carbocycles. The number of allylic oxidation sites excluding steroid dienone is 2. The lowest BCUT2D eigenvalue weighted by Gasteiger charge is -2.30. The second-order valence-corrected chi connectivity index (χ2v) is 5.27. The van der Waals surface area contributed by atoms with Crippen LogP contribution in [0.5, 0.6) is 0 Å². The van der Waals surface area contributed by atoms with Crippen LogP contribution in [-0.4, -0.2) is 10.7 Å². The molecule has 0 aliphatic heterocycles. The van der Waals surface area contributed by atoms with Crippen molar-refractivity contribution in [1.82, 2.24) is 0 Å². The average molecular weight is 259 g/mol. The maximum absolute atomic E-state index is 12.1. The van der Waals surface area contributed by atoms with E-state index in [1.807, 2.05) is 6.08 Å². The zero-order valence-electron chi connectivity index (χ0n) is 11.1. The molecule has 0 amide bonds. The highest BCUT2D eigenvalue weighted by Crippen LogP contribution is 2.37. The molecule has 1 aliphatic rings. The van der Waals surface area contributed by atoms with Crippen LogP contribution in [0.4, 0.5) is 5.69 Å². The van der Waals surface area contributed by atoms with Crippen molar-refractivity contribution in [3.8, 4) is 0 Å². The molecule has 2 atom stereocenters. The van der Waals surface area contributed by atoms with Gasteiger partial charge in [-0.05, 0) is 29.9 Å². The van der Waals surface area contributed by atoms with Crippen LogP contribution in [0, 0.1) is 22.0 Å². The predicted octanol–water partition coefficient (Wildman–Crippen LogP) is 3.48. The number of benzene rings is 1. The van der Waals surface area contributed by atoms with Gasteiger partial charge in [0.1, 0.15) is 0 Å². The molecule has 0 saturated heterocycles. The van der Waals surface area contributed by atoms with Crippen molar-refractivity contribution in [2.45, 2.75) is 26.2 Å². The number of carbonyl (C=O) groups is 1. The van der Waals surface area contributed by atoms with Gasteiger partial charge >= 0.3 is 0 Å². The Labute approximate surface area is 112 Å². The zero-order chi connectivity index (χ0) is 14.0. The number of carbonyl (C=O) groups excluding carboxylic acids is 1. The molecule has 0 radical (unpaired) electrons. The normalized spacial score (nSPS) is 22.8. The molecule has 1 aliphatic carbocycles. The molecule has 100 valence electrons. The molecule has 0 heterocycles. The maximum Gasteiger partial charge on any atom is 0.269 e. The van der Waals surface area contributed by atoms with Crippen LogP contribution in [0.25, 0.3) is 0 Å². The second-order valence-electron chi connectivity index (χ2n) is 5.27. The fourth-order valence-corrected chi connectivity index (χ4v) is 2.66. The minimum Gasteiger partial charge on any atom is -0.294 e. The first-order chi connectivity index (χ1) is 9.00. The average Bonchev–Trinajstić information content (AvgIpc) is 2.38. The van der Waals surface area contributed by atoms with E-state index in [-0.39, 0.29) is 23.3 Å². The van der Waals surface area contributed by atoms with Crippen LogP contribution in [-0.2, 0) is 4.79 Å². The summed E-state index contributed by atoms with van der Waals surface area (Å²) < 4.78 is 0. The summed E-state index contributed by atoms with van der Waals surface area (Å²) in [6, 6.07) is 6.35. The van der Waals surface area contributed by atoms with Gasteiger partial charge in [-0.2, -0.15) is 0 Å². The van der Waals surface area contributed by atoms with E-state index in [0.29, 0.717) is 5.92 Å². The van der Waals surface area contributed by atoms with Crippen molar-refractivity contribution < 1.29 is 9.72 Å². The molecule has 1 aromatic rings. The molecule has 0 N–H and O–H groups in total. The Kier molecular flexibility index (Phi) is 3.79. The van der Waals surface area contributed by atoms with Crippen LogP contribution < -0.4 is 0 Å². The van der Waals surface area contributed by atoms with E-state index in [9.17, 15) is 14.9 Å². The molecule has 4 nitrogen and oxygen atoms in total. The fraction of sp³-hybridized carbons (Fsp3) is 0.400. The summed E-state index contributed by atoms with van der Waals surface area (Å²) in [4.78, 5) is 22.3. The quantitative estimate of drug-likeness (QED) is 0.616. The summed E-state index contributed by atoms with van der Waals surface area (Å²) in [5.41, 5.74) is 0.933. The number of non-ortho nitro benzene ring substituents is 1. The van der Waals surface area contributed by atoms with Crippen LogP contribution >= 0.6 is 0 Å². The van der Waals surface area contributed by atoms with Crippen molar-refractivity contribution in [2.24, 2.45) is 11.8 Å². The maximum atomic E-state index is 12.1. The molecule has 19 heavy (non-hydrogen) atoms. The van der Waals surface area contributed by atoms with Gasteiger partial charge in [0.2, 0.25) is 0 Å². The van der Waals surface area contributed by atoms with Crippen molar-refractivity contribution in [3.63, 3.8) is 0 Å². The van der Waals surface area contributed by atoms with Gasteiger partial charge in [0.25, 0.3) is 5.69 Å². The number of nitro groups is 1. The highest BCUT2D eigenvalue weighted by Gasteiger charge is 2.32. The first-order valence-electron chi connectivity index (χ1n) is 6.45. The molecule has 1 aromatic carbocycles.